The van der Waals surface area contributed by atoms with Crippen LogP contribution in [0.25, 0.3) is 0 Å². The molecule has 1 aliphatic rings. The lowest BCUT2D eigenvalue weighted by Crippen LogP contribution is -2.44. The highest BCUT2D eigenvalue weighted by Gasteiger charge is 2.19. The average Bonchev–Trinajstić information content (AvgIpc) is 2.32. The van der Waals surface area contributed by atoms with Crippen LogP contribution in [-0.2, 0) is 0 Å². The average molecular weight is 360 g/mol. The Bertz CT molecular complexity index is 373. The quantitative estimate of drug-likeness (QED) is 0.870. The number of nitrogens with zero attached hydrogens (tertiary/aromatic N) is 1. The lowest BCUT2D eigenvalue weighted by molar-refractivity contribution is 0.185. The first-order chi connectivity index (χ1) is 7.68. The summed E-state index contributed by atoms with van der Waals surface area (Å²) in [5.41, 5.74) is 1.03. The minimum absolute atomic E-state index is 0. The zero-order chi connectivity index (χ0) is 11.5. The molecule has 0 radical (unpaired) electrons. The SMILES string of the molecule is C[C@@H](c1cc(F)ccc1Br)N1CCNCC1.Cl.Cl. The Hall–Kier alpha value is 0.130. The Kier molecular flexibility index (Phi) is 8.39. The van der Waals surface area contributed by atoms with Gasteiger partial charge in [-0.1, -0.05) is 15.9 Å². The molecule has 0 amide bonds. The molecule has 1 saturated heterocycles. The monoisotopic (exact) mass is 358 g/mol. The van der Waals surface area contributed by atoms with Gasteiger partial charge in [0.05, 0.1) is 0 Å². The summed E-state index contributed by atoms with van der Waals surface area (Å²) in [6, 6.07) is 5.14. The van der Waals surface area contributed by atoms with E-state index < -0.39 is 0 Å². The van der Waals surface area contributed by atoms with Gasteiger partial charge in [-0.05, 0) is 30.7 Å². The number of hydrogen-bond donors (Lipinski definition) is 1. The molecule has 6 heteroatoms. The van der Waals surface area contributed by atoms with Crippen LogP contribution in [0.3, 0.4) is 0 Å². The second-order valence-corrected chi connectivity index (χ2v) is 4.98. The lowest BCUT2D eigenvalue weighted by atomic mass is 10.1. The topological polar surface area (TPSA) is 15.3 Å². The first-order valence-electron chi connectivity index (χ1n) is 5.58. The second kappa shape index (κ2) is 8.33. The van der Waals surface area contributed by atoms with E-state index in [2.05, 4.69) is 33.1 Å². The number of rotatable bonds is 2. The predicted molar refractivity (Wildman–Crippen MR) is 81.5 cm³/mol. The number of nitrogens with one attached hydrogen (secondary N) is 1. The summed E-state index contributed by atoms with van der Waals surface area (Å²) in [7, 11) is 0. The normalized spacial score (nSPS) is 17.5. The van der Waals surface area contributed by atoms with Crippen LogP contribution in [0.4, 0.5) is 4.39 Å². The van der Waals surface area contributed by atoms with E-state index in [0.717, 1.165) is 36.2 Å². The van der Waals surface area contributed by atoms with Crippen LogP contribution in [0, 0.1) is 5.82 Å². The maximum absolute atomic E-state index is 13.2. The third-order valence-electron chi connectivity index (χ3n) is 3.11. The van der Waals surface area contributed by atoms with Gasteiger partial charge in [0.2, 0.25) is 0 Å². The van der Waals surface area contributed by atoms with Gasteiger partial charge in [0.15, 0.2) is 0 Å². The van der Waals surface area contributed by atoms with Crippen LogP contribution in [0.15, 0.2) is 22.7 Å². The van der Waals surface area contributed by atoms with Crippen LogP contribution in [0.1, 0.15) is 18.5 Å². The number of benzene rings is 1. The van der Waals surface area contributed by atoms with Crippen LogP contribution < -0.4 is 5.32 Å². The molecule has 0 bridgehead atoms. The Morgan fingerprint density at radius 1 is 1.28 bits per heavy atom. The summed E-state index contributed by atoms with van der Waals surface area (Å²) < 4.78 is 14.2. The third kappa shape index (κ3) is 4.35. The van der Waals surface area contributed by atoms with Crippen molar-refractivity contribution in [2.45, 2.75) is 13.0 Å². The Morgan fingerprint density at radius 2 is 1.89 bits per heavy atom. The first kappa shape index (κ1) is 18.1. The van der Waals surface area contributed by atoms with Crippen molar-refractivity contribution < 1.29 is 4.39 Å². The molecule has 1 N–H and O–H groups in total. The van der Waals surface area contributed by atoms with Crippen molar-refractivity contribution in [1.82, 2.24) is 10.2 Å². The molecule has 1 aromatic rings. The molecule has 104 valence electrons. The van der Waals surface area contributed by atoms with Gasteiger partial charge in [-0.15, -0.1) is 24.8 Å². The number of hydrogen-bond acceptors (Lipinski definition) is 2. The molecular formula is C12H18BrCl2FN2. The van der Waals surface area contributed by atoms with E-state index in [9.17, 15) is 4.39 Å². The van der Waals surface area contributed by atoms with Gasteiger partial charge >= 0.3 is 0 Å². The third-order valence-corrected chi connectivity index (χ3v) is 3.83. The van der Waals surface area contributed by atoms with Crippen LogP contribution in [0.5, 0.6) is 0 Å². The zero-order valence-corrected chi connectivity index (χ0v) is 13.4. The summed E-state index contributed by atoms with van der Waals surface area (Å²) in [4.78, 5) is 2.37. The minimum atomic E-state index is -0.166. The standard InChI is InChI=1S/C12H16BrFN2.2ClH/c1-9(16-6-4-15-5-7-16)11-8-10(14)2-3-12(11)13;;/h2-3,8-9,15H,4-7H2,1H3;2*1H/t9-;;/m0../s1. The summed E-state index contributed by atoms with van der Waals surface area (Å²) >= 11 is 3.49. The van der Waals surface area contributed by atoms with E-state index in [1.807, 2.05) is 0 Å². The number of piperazine rings is 1. The number of halogens is 4. The molecule has 1 aromatic carbocycles. The molecule has 0 aliphatic carbocycles. The van der Waals surface area contributed by atoms with Gasteiger partial charge in [-0.25, -0.2) is 4.39 Å². The molecule has 2 rings (SSSR count). The van der Waals surface area contributed by atoms with Crippen LogP contribution >= 0.6 is 40.7 Å². The van der Waals surface area contributed by atoms with E-state index >= 15 is 0 Å². The molecule has 0 unspecified atom stereocenters. The van der Waals surface area contributed by atoms with E-state index in [-0.39, 0.29) is 36.7 Å². The van der Waals surface area contributed by atoms with Crippen molar-refractivity contribution in [2.75, 3.05) is 26.2 Å². The van der Waals surface area contributed by atoms with Crippen molar-refractivity contribution in [3.63, 3.8) is 0 Å². The smallest absolute Gasteiger partial charge is 0.123 e. The molecule has 1 heterocycles. The molecule has 0 saturated carbocycles. The highest BCUT2D eigenvalue weighted by atomic mass is 79.9. The van der Waals surface area contributed by atoms with Crippen molar-refractivity contribution in [3.05, 3.63) is 34.1 Å². The lowest BCUT2D eigenvalue weighted by Gasteiger charge is -2.33. The fourth-order valence-electron chi connectivity index (χ4n) is 2.10. The highest BCUT2D eigenvalue weighted by Crippen LogP contribution is 2.28. The van der Waals surface area contributed by atoms with Crippen molar-refractivity contribution in [3.8, 4) is 0 Å². The molecule has 2 nitrogen and oxygen atoms in total. The molecule has 0 spiro atoms. The van der Waals surface area contributed by atoms with Gasteiger partial charge in [0.1, 0.15) is 5.82 Å². The molecular weight excluding hydrogens is 342 g/mol. The van der Waals surface area contributed by atoms with E-state index in [4.69, 9.17) is 0 Å². The largest absolute Gasteiger partial charge is 0.314 e. The molecule has 18 heavy (non-hydrogen) atoms. The van der Waals surface area contributed by atoms with Gasteiger partial charge < -0.3 is 5.32 Å². The molecule has 0 aromatic heterocycles. The summed E-state index contributed by atoms with van der Waals surface area (Å²) in [6.07, 6.45) is 0. The second-order valence-electron chi connectivity index (χ2n) is 4.13. The maximum Gasteiger partial charge on any atom is 0.123 e. The zero-order valence-electron chi connectivity index (χ0n) is 10.2. The van der Waals surface area contributed by atoms with Gasteiger partial charge in [-0.2, -0.15) is 0 Å². The van der Waals surface area contributed by atoms with Crippen LogP contribution in [-0.4, -0.2) is 31.1 Å². The highest BCUT2D eigenvalue weighted by molar-refractivity contribution is 9.10. The minimum Gasteiger partial charge on any atom is -0.314 e. The molecule has 1 atom stereocenters. The van der Waals surface area contributed by atoms with Crippen molar-refractivity contribution >= 4 is 40.7 Å². The van der Waals surface area contributed by atoms with Crippen molar-refractivity contribution in [2.24, 2.45) is 0 Å². The maximum atomic E-state index is 13.2. The van der Waals surface area contributed by atoms with Gasteiger partial charge in [0.25, 0.3) is 0 Å². The Labute approximate surface area is 128 Å². The Balaban J connectivity index is 0.00000144. The molecule has 1 aliphatic heterocycles. The Morgan fingerprint density at radius 3 is 2.50 bits per heavy atom. The fourth-order valence-corrected chi connectivity index (χ4v) is 2.68. The fraction of sp³-hybridized carbons (Fsp3) is 0.500. The van der Waals surface area contributed by atoms with Crippen LogP contribution in [0.2, 0.25) is 0 Å². The van der Waals surface area contributed by atoms with E-state index in [1.165, 1.54) is 6.07 Å². The first-order valence-corrected chi connectivity index (χ1v) is 6.37. The van der Waals surface area contributed by atoms with Gasteiger partial charge in [-0.3, -0.25) is 4.90 Å². The van der Waals surface area contributed by atoms with E-state index in [0.29, 0.717) is 0 Å². The van der Waals surface area contributed by atoms with Gasteiger partial charge in [0, 0.05) is 36.7 Å². The van der Waals surface area contributed by atoms with E-state index in [1.54, 1.807) is 12.1 Å². The summed E-state index contributed by atoms with van der Waals surface area (Å²) in [6.45, 7) is 6.19. The predicted octanol–water partition coefficient (Wildman–Crippen LogP) is 3.40. The summed E-state index contributed by atoms with van der Waals surface area (Å²) in [5.74, 6) is -0.166. The molecule has 1 fully saturated rings. The summed E-state index contributed by atoms with van der Waals surface area (Å²) in [5, 5.41) is 3.32. The van der Waals surface area contributed by atoms with Crippen molar-refractivity contribution in [1.29, 1.82) is 0 Å².